The van der Waals surface area contributed by atoms with E-state index in [0.717, 1.165) is 9.21 Å². The maximum atomic E-state index is 11.1. The van der Waals surface area contributed by atoms with Crippen LogP contribution in [0.1, 0.15) is 15.2 Å². The highest BCUT2D eigenvalue weighted by atomic mass is 35.5. The van der Waals surface area contributed by atoms with Gasteiger partial charge in [0.05, 0.1) is 10.9 Å². The van der Waals surface area contributed by atoms with Crippen molar-refractivity contribution in [3.8, 4) is 0 Å². The minimum atomic E-state index is -0.978. The van der Waals surface area contributed by atoms with Crippen LogP contribution < -0.4 is 4.90 Å². The molecule has 2 aromatic heterocycles. The Bertz CT molecular complexity index is 571. The number of hydrogen-bond acceptors (Lipinski definition) is 4. The summed E-state index contributed by atoms with van der Waals surface area (Å²) >= 11 is 7.34. The fourth-order valence-electron chi connectivity index (χ4n) is 1.61. The molecule has 0 saturated carbocycles. The first-order valence-corrected chi connectivity index (χ1v) is 6.41. The number of halogens is 1. The lowest BCUT2D eigenvalue weighted by Crippen LogP contribution is -2.20. The van der Waals surface area contributed by atoms with E-state index in [-0.39, 0.29) is 5.56 Å². The summed E-state index contributed by atoms with van der Waals surface area (Å²) in [5.74, 6) is -0.524. The van der Waals surface area contributed by atoms with Crippen LogP contribution in [0.2, 0.25) is 4.34 Å². The lowest BCUT2D eigenvalue weighted by atomic mass is 10.2. The van der Waals surface area contributed by atoms with E-state index in [2.05, 4.69) is 4.98 Å². The molecule has 0 spiro atoms. The van der Waals surface area contributed by atoms with E-state index in [4.69, 9.17) is 16.7 Å². The summed E-state index contributed by atoms with van der Waals surface area (Å²) in [6.07, 6.45) is 1.58. The van der Waals surface area contributed by atoms with Crippen molar-refractivity contribution in [2.75, 3.05) is 11.9 Å². The van der Waals surface area contributed by atoms with E-state index in [0.29, 0.717) is 12.4 Å². The molecule has 2 rings (SSSR count). The number of rotatable bonds is 4. The number of nitrogens with zero attached hydrogens (tertiary/aromatic N) is 2. The quantitative estimate of drug-likeness (QED) is 0.936. The van der Waals surface area contributed by atoms with Crippen molar-refractivity contribution < 1.29 is 9.90 Å². The Labute approximate surface area is 113 Å². The average Bonchev–Trinajstić information content (AvgIpc) is 2.74. The Morgan fingerprint density at radius 1 is 1.50 bits per heavy atom. The van der Waals surface area contributed by atoms with Gasteiger partial charge in [-0.3, -0.25) is 0 Å². The molecule has 0 aromatic carbocycles. The van der Waals surface area contributed by atoms with Gasteiger partial charge in [0.25, 0.3) is 0 Å². The molecule has 0 saturated heterocycles. The number of carboxylic acid groups (broad SMARTS) is 1. The summed E-state index contributed by atoms with van der Waals surface area (Å²) < 4.78 is 0.720. The molecule has 2 aromatic rings. The molecular weight excluding hydrogens is 272 g/mol. The predicted octanol–water partition coefficient (Wildman–Crippen LogP) is 3.13. The molecule has 0 atom stereocenters. The topological polar surface area (TPSA) is 53.4 Å². The van der Waals surface area contributed by atoms with Gasteiger partial charge in [0.15, 0.2) is 0 Å². The first-order chi connectivity index (χ1) is 8.58. The first-order valence-electron chi connectivity index (χ1n) is 5.21. The molecule has 0 aliphatic heterocycles. The third-order valence-corrected chi connectivity index (χ3v) is 3.62. The Morgan fingerprint density at radius 2 is 2.28 bits per heavy atom. The number of aromatic nitrogens is 1. The van der Waals surface area contributed by atoms with Gasteiger partial charge in [-0.05, 0) is 24.3 Å². The smallest absolute Gasteiger partial charge is 0.339 e. The molecule has 4 nitrogen and oxygen atoms in total. The van der Waals surface area contributed by atoms with E-state index >= 15 is 0 Å². The molecule has 0 radical (unpaired) electrons. The molecular formula is C12H11ClN2O2S. The van der Waals surface area contributed by atoms with Crippen LogP contribution in [0.3, 0.4) is 0 Å². The fourth-order valence-corrected chi connectivity index (χ4v) is 2.75. The molecule has 0 aliphatic rings. The highest BCUT2D eigenvalue weighted by Crippen LogP contribution is 2.24. The SMILES string of the molecule is CN(Cc1ccc(Cl)s1)c1ncccc1C(=O)O. The number of pyridine rings is 1. The summed E-state index contributed by atoms with van der Waals surface area (Å²) in [4.78, 5) is 18.1. The van der Waals surface area contributed by atoms with Crippen LogP contribution in [0.25, 0.3) is 0 Å². The van der Waals surface area contributed by atoms with Gasteiger partial charge in [-0.15, -0.1) is 11.3 Å². The van der Waals surface area contributed by atoms with Gasteiger partial charge in [0.1, 0.15) is 11.4 Å². The highest BCUT2D eigenvalue weighted by Gasteiger charge is 2.14. The number of aromatic carboxylic acids is 1. The number of thiophene rings is 1. The Morgan fingerprint density at radius 3 is 2.89 bits per heavy atom. The maximum absolute atomic E-state index is 11.1. The standard InChI is InChI=1S/C12H11ClN2O2S/c1-15(7-8-4-5-10(13)18-8)11-9(12(16)17)3-2-6-14-11/h2-6H,7H2,1H3,(H,16,17). The third kappa shape index (κ3) is 2.80. The second kappa shape index (κ2) is 5.37. The van der Waals surface area contributed by atoms with Crippen molar-refractivity contribution in [1.82, 2.24) is 4.98 Å². The van der Waals surface area contributed by atoms with Gasteiger partial charge in [0.2, 0.25) is 0 Å². The first kappa shape index (κ1) is 12.9. The summed E-state index contributed by atoms with van der Waals surface area (Å²) in [5.41, 5.74) is 0.197. The van der Waals surface area contributed by atoms with Crippen LogP contribution >= 0.6 is 22.9 Å². The largest absolute Gasteiger partial charge is 0.478 e. The molecule has 0 amide bonds. The Kier molecular flexibility index (Phi) is 3.84. The molecule has 2 heterocycles. The maximum Gasteiger partial charge on any atom is 0.339 e. The molecule has 0 aliphatic carbocycles. The van der Waals surface area contributed by atoms with E-state index in [1.54, 1.807) is 23.2 Å². The monoisotopic (exact) mass is 282 g/mol. The van der Waals surface area contributed by atoms with Gasteiger partial charge in [0, 0.05) is 18.1 Å². The molecule has 0 unspecified atom stereocenters. The zero-order valence-corrected chi connectivity index (χ0v) is 11.2. The minimum absolute atomic E-state index is 0.197. The number of carbonyl (C=O) groups is 1. The van der Waals surface area contributed by atoms with Crippen molar-refractivity contribution in [3.63, 3.8) is 0 Å². The normalized spacial score (nSPS) is 10.3. The second-order valence-electron chi connectivity index (χ2n) is 3.74. The lowest BCUT2D eigenvalue weighted by molar-refractivity contribution is 0.0697. The second-order valence-corrected chi connectivity index (χ2v) is 5.54. The van der Waals surface area contributed by atoms with Gasteiger partial charge in [-0.1, -0.05) is 11.6 Å². The molecule has 1 N–H and O–H groups in total. The van der Waals surface area contributed by atoms with Crippen LogP contribution in [0.5, 0.6) is 0 Å². The minimum Gasteiger partial charge on any atom is -0.478 e. The zero-order chi connectivity index (χ0) is 13.1. The molecule has 18 heavy (non-hydrogen) atoms. The van der Waals surface area contributed by atoms with Gasteiger partial charge in [-0.25, -0.2) is 9.78 Å². The summed E-state index contributed by atoms with van der Waals surface area (Å²) in [5, 5.41) is 9.10. The molecule has 94 valence electrons. The van der Waals surface area contributed by atoms with Crippen molar-refractivity contribution in [3.05, 3.63) is 45.2 Å². The van der Waals surface area contributed by atoms with Crippen molar-refractivity contribution in [2.45, 2.75) is 6.54 Å². The van der Waals surface area contributed by atoms with E-state index in [1.165, 1.54) is 11.3 Å². The predicted molar refractivity (Wildman–Crippen MR) is 72.6 cm³/mol. The molecule has 6 heteroatoms. The van der Waals surface area contributed by atoms with Gasteiger partial charge >= 0.3 is 5.97 Å². The summed E-state index contributed by atoms with van der Waals surface area (Å²) in [7, 11) is 1.81. The lowest BCUT2D eigenvalue weighted by Gasteiger charge is -2.18. The summed E-state index contributed by atoms with van der Waals surface area (Å²) in [6, 6.07) is 6.91. The molecule has 0 bridgehead atoms. The van der Waals surface area contributed by atoms with Crippen LogP contribution in [0.4, 0.5) is 5.82 Å². The number of hydrogen-bond donors (Lipinski definition) is 1. The molecule has 0 fully saturated rings. The average molecular weight is 283 g/mol. The highest BCUT2D eigenvalue weighted by molar-refractivity contribution is 7.16. The van der Waals surface area contributed by atoms with Crippen molar-refractivity contribution in [2.24, 2.45) is 0 Å². The Hall–Kier alpha value is -1.59. The number of anilines is 1. The van der Waals surface area contributed by atoms with Crippen LogP contribution in [-0.4, -0.2) is 23.1 Å². The van der Waals surface area contributed by atoms with Gasteiger partial charge in [-0.2, -0.15) is 0 Å². The zero-order valence-electron chi connectivity index (χ0n) is 9.63. The number of carboxylic acids is 1. The van der Waals surface area contributed by atoms with E-state index < -0.39 is 5.97 Å². The summed E-state index contributed by atoms with van der Waals surface area (Å²) in [6.45, 7) is 0.578. The van der Waals surface area contributed by atoms with Crippen molar-refractivity contribution >= 4 is 34.7 Å². The van der Waals surface area contributed by atoms with Gasteiger partial charge < -0.3 is 10.0 Å². The van der Waals surface area contributed by atoms with E-state index in [9.17, 15) is 4.79 Å². The Balaban J connectivity index is 2.23. The van der Waals surface area contributed by atoms with Crippen LogP contribution in [0.15, 0.2) is 30.5 Å². The van der Waals surface area contributed by atoms with Crippen LogP contribution in [-0.2, 0) is 6.54 Å². The van der Waals surface area contributed by atoms with Crippen molar-refractivity contribution in [1.29, 1.82) is 0 Å². The third-order valence-electron chi connectivity index (χ3n) is 2.40. The van der Waals surface area contributed by atoms with E-state index in [1.807, 2.05) is 19.2 Å². The fraction of sp³-hybridized carbons (Fsp3) is 0.167. The van der Waals surface area contributed by atoms with Crippen LogP contribution in [0, 0.1) is 0 Å².